The van der Waals surface area contributed by atoms with E-state index in [1.54, 1.807) is 0 Å². The van der Waals surface area contributed by atoms with Crippen LogP contribution in [-0.4, -0.2) is 10.0 Å². The van der Waals surface area contributed by atoms with E-state index in [1.165, 1.54) is 30.3 Å². The van der Waals surface area contributed by atoms with Crippen LogP contribution in [0.4, 0.5) is 10.1 Å². The van der Waals surface area contributed by atoms with Gasteiger partial charge in [-0.25, -0.2) is 4.39 Å². The predicted molar refractivity (Wildman–Crippen MR) is 70.5 cm³/mol. The fourth-order valence-electron chi connectivity index (χ4n) is 1.62. The molecule has 0 bridgehead atoms. The standard InChI is InChI=1S/C13H9ClFNO4/c14-11-6-9(15)1-4-13(11)20-10-2-3-12(16(18)19)8(5-10)7-17/h1-6,17H,7H2. The number of nitrogens with zero attached hydrogens (tertiary/aromatic N) is 1. The van der Waals surface area contributed by atoms with Crippen molar-refractivity contribution in [1.29, 1.82) is 0 Å². The topological polar surface area (TPSA) is 72.6 Å². The van der Waals surface area contributed by atoms with Crippen molar-refractivity contribution < 1.29 is 19.2 Å². The number of benzene rings is 2. The highest BCUT2D eigenvalue weighted by Gasteiger charge is 2.14. The molecule has 2 aromatic carbocycles. The van der Waals surface area contributed by atoms with E-state index in [1.807, 2.05) is 0 Å². The molecule has 0 aliphatic rings. The summed E-state index contributed by atoms with van der Waals surface area (Å²) in [6, 6.07) is 7.54. The van der Waals surface area contributed by atoms with Gasteiger partial charge in [-0.3, -0.25) is 10.1 Å². The van der Waals surface area contributed by atoms with Gasteiger partial charge in [0.05, 0.1) is 22.1 Å². The van der Waals surface area contributed by atoms with Crippen molar-refractivity contribution in [2.45, 2.75) is 6.61 Å². The van der Waals surface area contributed by atoms with Crippen LogP contribution >= 0.6 is 11.6 Å². The van der Waals surface area contributed by atoms with Gasteiger partial charge in [0, 0.05) is 6.07 Å². The quantitative estimate of drug-likeness (QED) is 0.690. The Morgan fingerprint density at radius 1 is 1.30 bits per heavy atom. The zero-order valence-electron chi connectivity index (χ0n) is 10.0. The Bertz CT molecular complexity index is 663. The van der Waals surface area contributed by atoms with Gasteiger partial charge in [-0.1, -0.05) is 11.6 Å². The van der Waals surface area contributed by atoms with E-state index >= 15 is 0 Å². The fourth-order valence-corrected chi connectivity index (χ4v) is 1.82. The Hall–Kier alpha value is -2.18. The molecule has 0 radical (unpaired) electrons. The molecule has 1 N–H and O–H groups in total. The zero-order valence-corrected chi connectivity index (χ0v) is 10.8. The molecule has 7 heteroatoms. The van der Waals surface area contributed by atoms with Gasteiger partial charge in [-0.2, -0.15) is 0 Å². The van der Waals surface area contributed by atoms with Crippen molar-refractivity contribution >= 4 is 17.3 Å². The van der Waals surface area contributed by atoms with E-state index in [-0.39, 0.29) is 27.8 Å². The van der Waals surface area contributed by atoms with Gasteiger partial charge in [0.2, 0.25) is 0 Å². The second-order valence-electron chi connectivity index (χ2n) is 3.88. The Morgan fingerprint density at radius 2 is 2.05 bits per heavy atom. The highest BCUT2D eigenvalue weighted by molar-refractivity contribution is 6.32. The molecule has 0 unspecified atom stereocenters. The summed E-state index contributed by atoms with van der Waals surface area (Å²) in [5.74, 6) is -0.0268. The number of hydrogen-bond donors (Lipinski definition) is 1. The van der Waals surface area contributed by atoms with Crippen LogP contribution in [0.15, 0.2) is 36.4 Å². The second kappa shape index (κ2) is 5.85. The summed E-state index contributed by atoms with van der Waals surface area (Å²) in [7, 11) is 0. The smallest absolute Gasteiger partial charge is 0.275 e. The molecule has 0 amide bonds. The van der Waals surface area contributed by atoms with Gasteiger partial charge < -0.3 is 9.84 Å². The molecule has 0 heterocycles. The van der Waals surface area contributed by atoms with Crippen LogP contribution in [0.1, 0.15) is 5.56 Å². The molecule has 104 valence electrons. The maximum absolute atomic E-state index is 12.9. The minimum Gasteiger partial charge on any atom is -0.456 e. The monoisotopic (exact) mass is 297 g/mol. The minimum absolute atomic E-state index is 0.0777. The average Bonchev–Trinajstić information content (AvgIpc) is 2.41. The molecule has 0 fully saturated rings. The van der Waals surface area contributed by atoms with E-state index in [2.05, 4.69) is 0 Å². The number of halogens is 2. The van der Waals surface area contributed by atoms with E-state index in [0.717, 1.165) is 6.07 Å². The molecule has 20 heavy (non-hydrogen) atoms. The first-order chi connectivity index (χ1) is 9.51. The van der Waals surface area contributed by atoms with Crippen LogP contribution in [0.5, 0.6) is 11.5 Å². The molecule has 2 aromatic rings. The lowest BCUT2D eigenvalue weighted by Crippen LogP contribution is -1.96. The highest BCUT2D eigenvalue weighted by atomic mass is 35.5. The van der Waals surface area contributed by atoms with Crippen molar-refractivity contribution in [2.75, 3.05) is 0 Å². The maximum Gasteiger partial charge on any atom is 0.275 e. The molecular weight excluding hydrogens is 289 g/mol. The molecule has 0 aliphatic heterocycles. The van der Waals surface area contributed by atoms with Gasteiger partial charge in [0.1, 0.15) is 17.3 Å². The lowest BCUT2D eigenvalue weighted by molar-refractivity contribution is -0.385. The molecule has 0 aromatic heterocycles. The Labute approximate surface area is 118 Å². The van der Waals surface area contributed by atoms with Crippen LogP contribution < -0.4 is 4.74 Å². The first kappa shape index (κ1) is 14.2. The summed E-state index contributed by atoms with van der Waals surface area (Å²) in [5, 5.41) is 19.9. The largest absolute Gasteiger partial charge is 0.456 e. The summed E-state index contributed by atoms with van der Waals surface area (Å²) in [6.07, 6.45) is 0. The third-order valence-corrected chi connectivity index (χ3v) is 2.84. The zero-order chi connectivity index (χ0) is 14.7. The first-order valence-corrected chi connectivity index (χ1v) is 5.90. The number of hydrogen-bond acceptors (Lipinski definition) is 4. The average molecular weight is 298 g/mol. The second-order valence-corrected chi connectivity index (χ2v) is 4.29. The van der Waals surface area contributed by atoms with Crippen LogP contribution in [0, 0.1) is 15.9 Å². The van der Waals surface area contributed by atoms with Crippen molar-refractivity contribution in [3.05, 3.63) is 62.9 Å². The Kier molecular flexibility index (Phi) is 4.16. The molecule has 5 nitrogen and oxygen atoms in total. The van der Waals surface area contributed by atoms with Crippen molar-refractivity contribution in [2.24, 2.45) is 0 Å². The van der Waals surface area contributed by atoms with Gasteiger partial charge in [-0.15, -0.1) is 0 Å². The number of nitro benzene ring substituents is 1. The van der Waals surface area contributed by atoms with Crippen molar-refractivity contribution in [1.82, 2.24) is 0 Å². The lowest BCUT2D eigenvalue weighted by Gasteiger charge is -2.08. The summed E-state index contributed by atoms with van der Waals surface area (Å²) >= 11 is 5.81. The molecular formula is C13H9ClFNO4. The number of rotatable bonds is 4. The normalized spacial score (nSPS) is 10.3. The Balaban J connectivity index is 2.32. The Morgan fingerprint density at radius 3 is 2.65 bits per heavy atom. The molecule has 0 saturated carbocycles. The van der Waals surface area contributed by atoms with Gasteiger partial charge in [0.15, 0.2) is 0 Å². The van der Waals surface area contributed by atoms with Crippen LogP contribution in [0.25, 0.3) is 0 Å². The summed E-state index contributed by atoms with van der Waals surface area (Å²) in [6.45, 7) is -0.495. The van der Waals surface area contributed by atoms with Gasteiger partial charge >= 0.3 is 0 Å². The lowest BCUT2D eigenvalue weighted by atomic mass is 10.2. The third-order valence-electron chi connectivity index (χ3n) is 2.54. The number of aliphatic hydroxyl groups is 1. The first-order valence-electron chi connectivity index (χ1n) is 5.52. The summed E-state index contributed by atoms with van der Waals surface area (Å²) in [5.41, 5.74) is -0.0872. The van der Waals surface area contributed by atoms with Crippen LogP contribution in [-0.2, 0) is 6.61 Å². The van der Waals surface area contributed by atoms with Gasteiger partial charge in [-0.05, 0) is 30.3 Å². The van der Waals surface area contributed by atoms with E-state index in [0.29, 0.717) is 0 Å². The summed E-state index contributed by atoms with van der Waals surface area (Å²) < 4.78 is 18.3. The van der Waals surface area contributed by atoms with E-state index in [9.17, 15) is 14.5 Å². The maximum atomic E-state index is 12.9. The molecule has 2 rings (SSSR count). The van der Waals surface area contributed by atoms with Crippen LogP contribution in [0.3, 0.4) is 0 Å². The van der Waals surface area contributed by atoms with E-state index in [4.69, 9.17) is 21.4 Å². The highest BCUT2D eigenvalue weighted by Crippen LogP contribution is 2.32. The molecule has 0 atom stereocenters. The van der Waals surface area contributed by atoms with Gasteiger partial charge in [0.25, 0.3) is 5.69 Å². The molecule has 0 saturated heterocycles. The number of nitro groups is 1. The predicted octanol–water partition coefficient (Wildman–Crippen LogP) is 3.67. The molecule has 0 aliphatic carbocycles. The van der Waals surface area contributed by atoms with Crippen LogP contribution in [0.2, 0.25) is 5.02 Å². The minimum atomic E-state index is -0.597. The SMILES string of the molecule is O=[N+]([O-])c1ccc(Oc2ccc(F)cc2Cl)cc1CO. The summed E-state index contributed by atoms with van der Waals surface area (Å²) in [4.78, 5) is 10.1. The van der Waals surface area contributed by atoms with E-state index < -0.39 is 17.3 Å². The van der Waals surface area contributed by atoms with Crippen molar-refractivity contribution in [3.8, 4) is 11.5 Å². The fraction of sp³-hybridized carbons (Fsp3) is 0.0769. The number of aliphatic hydroxyl groups excluding tert-OH is 1. The number of ether oxygens (including phenoxy) is 1. The van der Waals surface area contributed by atoms with Crippen molar-refractivity contribution in [3.63, 3.8) is 0 Å². The third kappa shape index (κ3) is 3.04. The molecule has 0 spiro atoms.